The summed E-state index contributed by atoms with van der Waals surface area (Å²) in [7, 11) is -3.11. The Morgan fingerprint density at radius 3 is 1.32 bits per heavy atom. The van der Waals surface area contributed by atoms with Crippen LogP contribution in [0.3, 0.4) is 0 Å². The van der Waals surface area contributed by atoms with Crippen LogP contribution < -0.4 is 88.7 Å². The van der Waals surface area contributed by atoms with E-state index in [0.717, 1.165) is 114 Å². The number of carboxylic acids is 2. The summed E-state index contributed by atoms with van der Waals surface area (Å²) in [6, 6.07) is 15.2. The van der Waals surface area contributed by atoms with Crippen molar-refractivity contribution in [2.45, 2.75) is 285 Å². The molecule has 15 unspecified atom stereocenters. The number of carbonyl (C=O) groups excluding carboxylic acids is 4. The standard InChI is InChI=1S/C14H20O4S.C11H18O3.C9H16O3.C9H14O3.C8H13NO.C8H14O3.C7H7ClO2S.C7H12O3.C7H14O2.C6H9BrO2.C5H10O.CH3F.CN.CH4.3Na.H2O.H/c1-11-3-7-14(8-4-11)19(15,16)18-10-13-6-5-12(2)17-9-13;1-5-7-10(4)14-8-9(3)11(12)13-6-2;2*1-3-11-9(10)8-5-4-7(2)12-6-8;1-7-2-3-8(4-5-9)6-10-7;1-6-2-3-7(5-11-6)4-8(9)10;1-6-2-4-7(5-3-6)11(8,9)10;1-5-2-3-6(4-10-5)7(8)9;1-6-2-3-7(4-8)5-9-6;1-3-9-6(8)5(2)4-7;1-3-4-5(2)6;2*1-2;;;;;;/h3-4,7-8,12-13H,5-6,9-10H2,1-2H3;5,10H,1,3,6-8H2,2,4H3;7-8H,3-6H2,1-2H3;5,7H,3-4,6H2,1-2H3;7-8H,2-4,6H2,1H3;6-7H,2-5H2,1H3,(H,9,10);2-5H,1H3;5-6H,2-4H2,1H3,(H,8,9);6-8H,2-5H2,1H3;2-4H2,1H3;3,5-6H,1,4H2,2H3;1H3;;1H4;;;;1H2;/q;;;;;;;;;;;;-1;;3*+1;;-1/p-1/i;;;;;;;;;;;1D;;;;;;;. The van der Waals surface area contributed by atoms with Crippen LogP contribution in [0.5, 0.6) is 0 Å². The second kappa shape index (κ2) is 90.9. The third-order valence-corrected chi connectivity index (χ3v) is 22.5. The number of aliphatic carboxylic acids is 2. The predicted octanol–water partition coefficient (Wildman–Crippen LogP) is 8.56. The van der Waals surface area contributed by atoms with Crippen LogP contribution in [-0.4, -0.2) is 238 Å². The van der Waals surface area contributed by atoms with Crippen molar-refractivity contribution in [3.8, 4) is 6.07 Å². The predicted molar refractivity (Wildman–Crippen MR) is 500 cm³/mol. The van der Waals surface area contributed by atoms with Crippen LogP contribution >= 0.6 is 26.6 Å². The summed E-state index contributed by atoms with van der Waals surface area (Å²) in [6.45, 7) is 54.0. The van der Waals surface area contributed by atoms with Crippen LogP contribution in [0, 0.1) is 72.5 Å². The Hall–Kier alpha value is -3.94. The molecule has 746 valence electrons. The summed E-state index contributed by atoms with van der Waals surface area (Å²) in [5.74, 6) is -1.50. The minimum Gasteiger partial charge on any atom is -1.00 e. The van der Waals surface area contributed by atoms with Gasteiger partial charge in [0.1, 0.15) is 0 Å². The summed E-state index contributed by atoms with van der Waals surface area (Å²) < 4.78 is 128. The fourth-order valence-corrected chi connectivity index (χ4v) is 13.2. The first-order chi connectivity index (χ1) is 60.5. The Labute approximate surface area is 871 Å². The van der Waals surface area contributed by atoms with Gasteiger partial charge >= 0.3 is 124 Å². The zero-order chi connectivity index (χ0) is 98.2. The Kier molecular flexibility index (Phi) is 98.7. The van der Waals surface area contributed by atoms with Crippen LogP contribution in [0.2, 0.25) is 0 Å². The van der Waals surface area contributed by atoms with Gasteiger partial charge in [0.2, 0.25) is 0 Å². The number of alkyl halides is 2. The molecule has 0 radical (unpaired) electrons. The molecule has 30 nitrogen and oxygen atoms in total. The summed E-state index contributed by atoms with van der Waals surface area (Å²) in [6.07, 6.45) is 22.5. The van der Waals surface area contributed by atoms with Gasteiger partial charge in [0, 0.05) is 46.4 Å². The molecule has 7 aliphatic heterocycles. The van der Waals surface area contributed by atoms with Crippen LogP contribution in [0.15, 0.2) is 120 Å². The van der Waals surface area contributed by atoms with E-state index < -0.39 is 44.2 Å². The normalized spacial score (nSPS) is 22.1. The number of nitriles is 1. The van der Waals surface area contributed by atoms with Crippen LogP contribution in [0.25, 0.3) is 0 Å². The van der Waals surface area contributed by atoms with Gasteiger partial charge in [-0.3, -0.25) is 23.0 Å². The first-order valence-corrected chi connectivity index (χ1v) is 47.9. The number of hydrogen-bond donors (Lipinski definition) is 4. The Morgan fingerprint density at radius 2 is 0.992 bits per heavy atom. The number of hydrogen-bond acceptors (Lipinski definition) is 28. The number of carboxylic acid groups (broad SMARTS) is 2. The van der Waals surface area contributed by atoms with Gasteiger partial charge in [0.25, 0.3) is 19.2 Å². The molecule has 38 heteroatoms. The van der Waals surface area contributed by atoms with Crippen molar-refractivity contribution >= 4 is 81.6 Å². The van der Waals surface area contributed by atoms with E-state index in [4.69, 9.17) is 106 Å². The average Bonchev–Trinajstić information content (AvgIpc) is 0.840. The van der Waals surface area contributed by atoms with Crippen molar-refractivity contribution in [1.29, 1.82) is 10.5 Å². The molecule has 6 fully saturated rings. The Bertz CT molecular complexity index is 3670. The van der Waals surface area contributed by atoms with Crippen LogP contribution in [0.1, 0.15) is 221 Å². The van der Waals surface area contributed by atoms with Gasteiger partial charge in [-0.1, -0.05) is 90.1 Å². The van der Waals surface area contributed by atoms with Gasteiger partial charge in [-0.15, -0.1) is 13.2 Å². The Balaban J connectivity index is -0.000000158. The van der Waals surface area contributed by atoms with Gasteiger partial charge < -0.3 is 96.0 Å². The Morgan fingerprint density at radius 1 is 0.606 bits per heavy atom. The second-order valence-electron chi connectivity index (χ2n) is 30.8. The number of aryl methyl sites for hydroxylation is 2. The number of ether oxygens (including phenoxy) is 12. The molecule has 0 amide bonds. The molecule has 6 saturated heterocycles. The SMILES string of the molecule is C.C=C(CBr)C(=O)OCC.C=CCC(C)O.C=CCC(C)OCC(=C)C(=O)OCC.CC1CCC(C(=O)O)CO1.CC1CCC(CC#N)CO1.CC1CCC(CC(=O)O)CO1.CC1CCC(CO)CO1.CCOC(=O)C1=CCC(C)OC1.CCOC(=O)C1CCC(C)OC1.Cc1ccc(S(=O)(=O)Cl)cc1.Cc1ccc(S(=O)(=O)OCC2CCC(C)OC2)cc1.[2H]CF.[C-]#N.[H-].[Na+].[Na+].[Na+].[OH-]. The van der Waals surface area contributed by atoms with E-state index in [1.807, 2.05) is 68.4 Å². The molecule has 15 atom stereocenters. The van der Waals surface area contributed by atoms with E-state index >= 15 is 0 Å². The number of rotatable bonds is 26. The van der Waals surface area contributed by atoms with Gasteiger partial charge in [-0.05, 0) is 236 Å². The smallest absolute Gasteiger partial charge is 1.00 e. The van der Waals surface area contributed by atoms with Gasteiger partial charge in [0.05, 0.1) is 195 Å². The quantitative estimate of drug-likeness (QED) is 0.00788. The third kappa shape index (κ3) is 78.9. The zero-order valence-corrected chi connectivity index (χ0v) is 91.1. The maximum Gasteiger partial charge on any atom is 1.00 e. The number of nitrogens with zero attached hydrogens (tertiary/aromatic N) is 2. The number of carbonyl (C=O) groups is 6. The molecule has 7 aliphatic rings. The van der Waals surface area contributed by atoms with Gasteiger partial charge in [0.15, 0.2) is 0 Å². The second-order valence-corrected chi connectivity index (χ2v) is 35.6. The average molecular weight is 2030 g/mol. The molecule has 0 bridgehead atoms. The summed E-state index contributed by atoms with van der Waals surface area (Å²) in [4.78, 5) is 65.1. The molecular formula is C94H156BrClFN2Na3O28S2. The van der Waals surface area contributed by atoms with Crippen LogP contribution in [-0.2, 0) is 109 Å². The number of halogens is 3. The molecule has 9 rings (SSSR count). The van der Waals surface area contributed by atoms with Crippen molar-refractivity contribution in [3.63, 3.8) is 0 Å². The number of aliphatic hydroxyl groups excluding tert-OH is 2. The minimum absolute atomic E-state index is 0. The van der Waals surface area contributed by atoms with Crippen molar-refractivity contribution < 1.29 is 228 Å². The summed E-state index contributed by atoms with van der Waals surface area (Å²) in [5.41, 5.74) is 3.48. The molecule has 2 aromatic carbocycles. The summed E-state index contributed by atoms with van der Waals surface area (Å²) in [5, 5.41) is 49.3. The van der Waals surface area contributed by atoms with E-state index in [1.54, 1.807) is 76.2 Å². The fraction of sp³-hybridized carbons (Fsp3) is 0.681. The van der Waals surface area contributed by atoms with E-state index in [9.17, 15) is 50.0 Å². The van der Waals surface area contributed by atoms with Crippen molar-refractivity contribution in [1.82, 2.24) is 0 Å². The van der Waals surface area contributed by atoms with Crippen molar-refractivity contribution in [2.24, 2.45) is 35.5 Å². The number of aliphatic hydroxyl groups is 2. The van der Waals surface area contributed by atoms with E-state index in [1.165, 1.54) is 12.1 Å². The molecule has 0 saturated carbocycles. The topological polar surface area (TPSA) is 449 Å². The molecule has 0 aromatic heterocycles. The van der Waals surface area contributed by atoms with Crippen molar-refractivity contribution in [3.05, 3.63) is 127 Å². The molecule has 0 aliphatic carbocycles. The number of esters is 4. The van der Waals surface area contributed by atoms with E-state index in [2.05, 4.69) is 66.9 Å². The monoisotopic (exact) mass is 2030 g/mol. The van der Waals surface area contributed by atoms with E-state index in [-0.39, 0.29) is 211 Å². The molecule has 7 heterocycles. The van der Waals surface area contributed by atoms with Crippen LogP contribution in [0.4, 0.5) is 4.39 Å². The summed E-state index contributed by atoms with van der Waals surface area (Å²) >= 11 is 3.08. The molecule has 132 heavy (non-hydrogen) atoms. The largest absolute Gasteiger partial charge is 1.00 e. The number of benzene rings is 2. The molecule has 5 N–H and O–H groups in total. The first kappa shape index (κ1) is 143. The van der Waals surface area contributed by atoms with Gasteiger partial charge in [-0.25, -0.2) is 22.8 Å². The molecule has 0 spiro atoms. The molecule has 2 aromatic rings. The molecular weight excluding hydrogens is 1870 g/mol. The maximum absolute atomic E-state index is 12.0. The van der Waals surface area contributed by atoms with Gasteiger partial charge in [-0.2, -0.15) is 13.7 Å². The first-order valence-electron chi connectivity index (χ1n) is 43.8. The van der Waals surface area contributed by atoms with E-state index in [0.29, 0.717) is 131 Å². The van der Waals surface area contributed by atoms with Crippen molar-refractivity contribution in [2.75, 3.05) is 105 Å². The third-order valence-electron chi connectivity index (χ3n) is 19.1. The minimum atomic E-state index is -3.65. The maximum atomic E-state index is 12.0. The fourth-order valence-electron chi connectivity index (χ4n) is 11.2. The zero-order valence-electron chi connectivity index (χ0n) is 83.1.